The first-order valence-corrected chi connectivity index (χ1v) is 22.3. The molecule has 60 heavy (non-hydrogen) atoms. The van der Waals surface area contributed by atoms with Gasteiger partial charge in [-0.15, -0.1) is 0 Å². The SMILES string of the molecule is C=CCOC(=O)N1CCN(C(c2ccccc2)C2CCN(C(=O)OC(C)(C)C)CC2)[C@@H](C)C1.C[C@H]1CNCCN1C(c1ccccc1)C1CCN(C(=O)OC(C)(C)C)CC1. The molecule has 4 fully saturated rings. The fourth-order valence-electron chi connectivity index (χ4n) is 9.26. The van der Waals surface area contributed by atoms with Gasteiger partial charge in [0.1, 0.15) is 17.8 Å². The van der Waals surface area contributed by atoms with E-state index in [-0.39, 0.29) is 37.0 Å². The maximum absolute atomic E-state index is 12.5. The molecule has 3 amide bonds. The number of rotatable bonds is 8. The number of hydrogen-bond acceptors (Lipinski definition) is 9. The molecule has 0 aliphatic carbocycles. The van der Waals surface area contributed by atoms with Crippen LogP contribution in [-0.2, 0) is 14.2 Å². The van der Waals surface area contributed by atoms with Gasteiger partial charge in [-0.05, 0) is 104 Å². The molecule has 0 spiro atoms. The average Bonchev–Trinajstić information content (AvgIpc) is 3.22. The fourth-order valence-corrected chi connectivity index (χ4v) is 9.26. The van der Waals surface area contributed by atoms with Crippen LogP contribution in [0.3, 0.4) is 0 Å². The summed E-state index contributed by atoms with van der Waals surface area (Å²) in [5, 5.41) is 3.51. The van der Waals surface area contributed by atoms with Crippen molar-refractivity contribution in [3.8, 4) is 0 Å². The monoisotopic (exact) mass is 831 g/mol. The summed E-state index contributed by atoms with van der Waals surface area (Å²) in [7, 11) is 0. The Balaban J connectivity index is 0.000000232. The number of ether oxygens (including phenoxy) is 3. The molecule has 0 aromatic heterocycles. The van der Waals surface area contributed by atoms with Crippen LogP contribution >= 0.6 is 0 Å². The standard InChI is InChI=1S/C26H39N3O4.C22H35N3O2/c1-6-18-32-24(30)28-16-17-29(20(2)19-28)23(21-10-8-7-9-11-21)22-12-14-27(15-13-22)25(31)33-26(3,4)5;1-17-16-23-12-15-25(17)20(18-8-6-5-7-9-18)19-10-13-24(14-11-19)21(26)27-22(2,3)4/h6-11,20,22-23H,1,12-19H2,2-5H3;5-9,17,19-20,23H,10-16H2,1-4H3/t20-,23?;17-,20?/m00/s1. The van der Waals surface area contributed by atoms with Crippen molar-refractivity contribution in [3.63, 3.8) is 0 Å². The smallest absolute Gasteiger partial charge is 0.410 e. The molecule has 12 heteroatoms. The van der Waals surface area contributed by atoms with Crippen LogP contribution in [-0.4, -0.2) is 138 Å². The molecule has 2 unspecified atom stereocenters. The van der Waals surface area contributed by atoms with E-state index < -0.39 is 11.2 Å². The molecule has 6 rings (SSSR count). The number of carbonyl (C=O) groups is 3. The number of benzene rings is 2. The van der Waals surface area contributed by atoms with Gasteiger partial charge in [-0.2, -0.15) is 0 Å². The minimum Gasteiger partial charge on any atom is -0.445 e. The van der Waals surface area contributed by atoms with Crippen LogP contribution in [0.2, 0.25) is 0 Å². The van der Waals surface area contributed by atoms with E-state index in [1.54, 1.807) is 11.0 Å². The van der Waals surface area contributed by atoms with Gasteiger partial charge in [-0.25, -0.2) is 14.4 Å². The average molecular weight is 831 g/mol. The normalized spacial score (nSPS) is 22.5. The fraction of sp³-hybridized carbons (Fsp3) is 0.646. The van der Waals surface area contributed by atoms with E-state index in [9.17, 15) is 14.4 Å². The van der Waals surface area contributed by atoms with Gasteiger partial charge in [-0.1, -0.05) is 73.3 Å². The highest BCUT2D eigenvalue weighted by Gasteiger charge is 2.40. The molecule has 4 saturated heterocycles. The largest absolute Gasteiger partial charge is 0.445 e. The zero-order valence-electron chi connectivity index (χ0n) is 37.8. The molecule has 0 bridgehead atoms. The molecule has 2 aromatic carbocycles. The third-order valence-corrected chi connectivity index (χ3v) is 12.1. The molecule has 0 saturated carbocycles. The number of hydrogen-bond donors (Lipinski definition) is 1. The Morgan fingerprint density at radius 2 is 1.10 bits per heavy atom. The number of amides is 3. The second-order valence-electron chi connectivity index (χ2n) is 19.0. The van der Waals surface area contributed by atoms with Crippen LogP contribution in [0, 0.1) is 11.8 Å². The van der Waals surface area contributed by atoms with Gasteiger partial charge in [0, 0.05) is 89.6 Å². The van der Waals surface area contributed by atoms with Gasteiger partial charge >= 0.3 is 18.3 Å². The summed E-state index contributed by atoms with van der Waals surface area (Å²) < 4.78 is 16.4. The van der Waals surface area contributed by atoms with Crippen molar-refractivity contribution >= 4 is 18.3 Å². The number of piperazine rings is 2. The van der Waals surface area contributed by atoms with Crippen LogP contribution < -0.4 is 5.32 Å². The number of piperidine rings is 2. The summed E-state index contributed by atoms with van der Waals surface area (Å²) in [4.78, 5) is 48.0. The quantitative estimate of drug-likeness (QED) is 0.208. The highest BCUT2D eigenvalue weighted by molar-refractivity contribution is 5.69. The predicted octanol–water partition coefficient (Wildman–Crippen LogP) is 8.37. The Labute approximate surface area is 360 Å². The maximum Gasteiger partial charge on any atom is 0.410 e. The Hall–Kier alpha value is -4.13. The maximum atomic E-state index is 12.5. The van der Waals surface area contributed by atoms with Crippen LogP contribution in [0.5, 0.6) is 0 Å². The summed E-state index contributed by atoms with van der Waals surface area (Å²) in [6.45, 7) is 28.0. The minimum absolute atomic E-state index is 0.173. The lowest BCUT2D eigenvalue weighted by Crippen LogP contribution is -2.56. The molecule has 4 aliphatic rings. The minimum atomic E-state index is -0.484. The predicted molar refractivity (Wildman–Crippen MR) is 238 cm³/mol. The van der Waals surface area contributed by atoms with Gasteiger partial charge in [-0.3, -0.25) is 9.80 Å². The van der Waals surface area contributed by atoms with Crippen molar-refractivity contribution in [2.75, 3.05) is 72.1 Å². The van der Waals surface area contributed by atoms with Crippen LogP contribution in [0.4, 0.5) is 14.4 Å². The first-order valence-electron chi connectivity index (χ1n) is 22.3. The van der Waals surface area contributed by atoms with E-state index in [0.29, 0.717) is 50.1 Å². The Morgan fingerprint density at radius 1 is 0.650 bits per heavy atom. The Kier molecular flexibility index (Phi) is 16.9. The summed E-state index contributed by atoms with van der Waals surface area (Å²) in [5.41, 5.74) is 1.78. The Morgan fingerprint density at radius 3 is 1.50 bits per heavy atom. The number of nitrogens with one attached hydrogen (secondary N) is 1. The molecule has 4 heterocycles. The number of likely N-dealkylation sites (tertiary alicyclic amines) is 2. The van der Waals surface area contributed by atoms with Crippen LogP contribution in [0.15, 0.2) is 73.3 Å². The van der Waals surface area contributed by atoms with Crippen LogP contribution in [0.25, 0.3) is 0 Å². The lowest BCUT2D eigenvalue weighted by Gasteiger charge is -2.47. The molecular formula is C48H74N6O6. The van der Waals surface area contributed by atoms with Crippen molar-refractivity contribution in [3.05, 3.63) is 84.4 Å². The van der Waals surface area contributed by atoms with Gasteiger partial charge in [0.25, 0.3) is 0 Å². The van der Waals surface area contributed by atoms with Gasteiger partial charge in [0.15, 0.2) is 0 Å². The molecule has 12 nitrogen and oxygen atoms in total. The highest BCUT2D eigenvalue weighted by Crippen LogP contribution is 2.39. The van der Waals surface area contributed by atoms with E-state index in [0.717, 1.165) is 65.0 Å². The van der Waals surface area contributed by atoms with Crippen molar-refractivity contribution in [2.24, 2.45) is 11.8 Å². The van der Waals surface area contributed by atoms with E-state index in [1.165, 1.54) is 11.1 Å². The summed E-state index contributed by atoms with van der Waals surface area (Å²) >= 11 is 0. The molecule has 4 aliphatic heterocycles. The van der Waals surface area contributed by atoms with Crippen LogP contribution in [0.1, 0.15) is 104 Å². The summed E-state index contributed by atoms with van der Waals surface area (Å²) in [6.07, 6.45) is 4.81. The lowest BCUT2D eigenvalue weighted by molar-refractivity contribution is -0.00327. The zero-order chi connectivity index (χ0) is 43.5. The molecule has 1 N–H and O–H groups in total. The van der Waals surface area contributed by atoms with Crippen molar-refractivity contribution < 1.29 is 28.6 Å². The summed E-state index contributed by atoms with van der Waals surface area (Å²) in [6, 6.07) is 22.9. The van der Waals surface area contributed by atoms with Gasteiger partial charge in [0.05, 0.1) is 0 Å². The molecule has 332 valence electrons. The zero-order valence-corrected chi connectivity index (χ0v) is 37.8. The molecule has 2 aromatic rings. The Bertz CT molecular complexity index is 1650. The van der Waals surface area contributed by atoms with Crippen molar-refractivity contribution in [1.82, 2.24) is 29.8 Å². The molecular weight excluding hydrogens is 757 g/mol. The second kappa shape index (κ2) is 21.6. The molecule has 0 radical (unpaired) electrons. The van der Waals surface area contributed by atoms with Gasteiger partial charge < -0.3 is 34.2 Å². The van der Waals surface area contributed by atoms with E-state index >= 15 is 0 Å². The van der Waals surface area contributed by atoms with Crippen molar-refractivity contribution in [1.29, 1.82) is 0 Å². The summed E-state index contributed by atoms with van der Waals surface area (Å²) in [5.74, 6) is 0.986. The first-order chi connectivity index (χ1) is 28.5. The van der Waals surface area contributed by atoms with Gasteiger partial charge in [0.2, 0.25) is 0 Å². The first kappa shape index (κ1) is 46.9. The third-order valence-electron chi connectivity index (χ3n) is 12.1. The topological polar surface area (TPSA) is 107 Å². The number of carbonyl (C=O) groups excluding carboxylic acids is 3. The second-order valence-corrected chi connectivity index (χ2v) is 19.0. The highest BCUT2D eigenvalue weighted by atomic mass is 16.6. The van der Waals surface area contributed by atoms with E-state index in [4.69, 9.17) is 14.2 Å². The number of nitrogens with zero attached hydrogens (tertiary/aromatic N) is 5. The lowest BCUT2D eigenvalue weighted by atomic mass is 9.83. The van der Waals surface area contributed by atoms with E-state index in [2.05, 4.69) is 90.1 Å². The van der Waals surface area contributed by atoms with Crippen molar-refractivity contribution in [2.45, 2.75) is 116 Å². The molecule has 4 atom stereocenters. The van der Waals surface area contributed by atoms with E-state index in [1.807, 2.05) is 57.4 Å². The third kappa shape index (κ3) is 13.4.